The molecular weight excluding hydrogens is 429 g/mol. The molecule has 0 atom stereocenters. The fourth-order valence-corrected chi connectivity index (χ4v) is 3.33. The highest BCUT2D eigenvalue weighted by atomic mass is 127. The Morgan fingerprint density at radius 3 is 2.44 bits per heavy atom. The maximum Gasteiger partial charge on any atom is 0.238 e. The number of benzene rings is 2. The van der Waals surface area contributed by atoms with E-state index >= 15 is 0 Å². The summed E-state index contributed by atoms with van der Waals surface area (Å²) in [5.74, 6) is 0.930. The second-order valence-electron chi connectivity index (χ2n) is 5.99. The van der Waals surface area contributed by atoms with Gasteiger partial charge < -0.3 is 15.0 Å². The van der Waals surface area contributed by atoms with Gasteiger partial charge in [-0.3, -0.25) is 9.69 Å². The number of amides is 1. The van der Waals surface area contributed by atoms with Crippen LogP contribution < -0.4 is 15.0 Å². The van der Waals surface area contributed by atoms with E-state index in [-0.39, 0.29) is 5.91 Å². The van der Waals surface area contributed by atoms with E-state index in [2.05, 4.69) is 43.8 Å². The molecule has 0 spiro atoms. The predicted octanol–water partition coefficient (Wildman–Crippen LogP) is 3.06. The standard InChI is InChI=1S/C19H22IN3O2/c1-25-18-5-3-2-4-17(18)23-12-10-22(11-13-23)14-19(24)21-16-8-6-15(20)7-9-16/h2-9H,10-14H2,1H3,(H,21,24). The third-order valence-electron chi connectivity index (χ3n) is 4.29. The lowest BCUT2D eigenvalue weighted by Gasteiger charge is -2.36. The lowest BCUT2D eigenvalue weighted by molar-refractivity contribution is -0.117. The first-order chi connectivity index (χ1) is 12.2. The van der Waals surface area contributed by atoms with E-state index < -0.39 is 0 Å². The number of ether oxygens (including phenoxy) is 1. The van der Waals surface area contributed by atoms with Crippen LogP contribution >= 0.6 is 22.6 Å². The Morgan fingerprint density at radius 1 is 1.08 bits per heavy atom. The maximum absolute atomic E-state index is 12.2. The first-order valence-electron chi connectivity index (χ1n) is 8.31. The highest BCUT2D eigenvalue weighted by Gasteiger charge is 2.21. The maximum atomic E-state index is 12.2. The molecule has 5 nitrogen and oxygen atoms in total. The summed E-state index contributed by atoms with van der Waals surface area (Å²) in [4.78, 5) is 16.7. The van der Waals surface area contributed by atoms with Crippen molar-refractivity contribution in [3.05, 3.63) is 52.1 Å². The molecule has 3 rings (SSSR count). The van der Waals surface area contributed by atoms with Crippen LogP contribution in [-0.2, 0) is 4.79 Å². The molecule has 0 aromatic heterocycles. The Hall–Kier alpha value is -1.80. The highest BCUT2D eigenvalue weighted by molar-refractivity contribution is 14.1. The minimum atomic E-state index is 0.0342. The molecule has 1 amide bonds. The molecule has 2 aromatic rings. The number of hydrogen-bond donors (Lipinski definition) is 1. The van der Waals surface area contributed by atoms with E-state index in [4.69, 9.17) is 4.74 Å². The van der Waals surface area contributed by atoms with E-state index in [0.717, 1.165) is 46.9 Å². The molecule has 1 heterocycles. The van der Waals surface area contributed by atoms with Crippen molar-refractivity contribution in [2.24, 2.45) is 0 Å². The number of carbonyl (C=O) groups excluding carboxylic acids is 1. The van der Waals surface area contributed by atoms with E-state index in [1.165, 1.54) is 0 Å². The van der Waals surface area contributed by atoms with Gasteiger partial charge in [-0.05, 0) is 59.0 Å². The molecule has 1 saturated heterocycles. The largest absolute Gasteiger partial charge is 0.495 e. The van der Waals surface area contributed by atoms with E-state index in [1.54, 1.807) is 7.11 Å². The topological polar surface area (TPSA) is 44.8 Å². The monoisotopic (exact) mass is 451 g/mol. The average molecular weight is 451 g/mol. The summed E-state index contributed by atoms with van der Waals surface area (Å²) in [7, 11) is 1.70. The quantitative estimate of drug-likeness (QED) is 0.711. The molecule has 2 aromatic carbocycles. The van der Waals surface area contributed by atoms with Gasteiger partial charge >= 0.3 is 0 Å². The van der Waals surface area contributed by atoms with Crippen LogP contribution in [0.2, 0.25) is 0 Å². The number of anilines is 2. The molecule has 1 fully saturated rings. The number of nitrogens with one attached hydrogen (secondary N) is 1. The fraction of sp³-hybridized carbons (Fsp3) is 0.316. The Morgan fingerprint density at radius 2 is 1.76 bits per heavy atom. The van der Waals surface area contributed by atoms with Crippen molar-refractivity contribution in [3.8, 4) is 5.75 Å². The van der Waals surface area contributed by atoms with Crippen molar-refractivity contribution in [1.29, 1.82) is 0 Å². The number of methoxy groups -OCH3 is 1. The summed E-state index contributed by atoms with van der Waals surface area (Å²) in [5, 5.41) is 2.96. The Kier molecular flexibility index (Phi) is 6.14. The summed E-state index contributed by atoms with van der Waals surface area (Å²) in [5.41, 5.74) is 1.96. The molecule has 0 radical (unpaired) electrons. The van der Waals surface area contributed by atoms with Crippen LogP contribution in [0.5, 0.6) is 5.75 Å². The van der Waals surface area contributed by atoms with Gasteiger partial charge in [0.1, 0.15) is 5.75 Å². The van der Waals surface area contributed by atoms with Gasteiger partial charge in [-0.1, -0.05) is 12.1 Å². The van der Waals surface area contributed by atoms with Crippen LogP contribution in [0, 0.1) is 3.57 Å². The highest BCUT2D eigenvalue weighted by Crippen LogP contribution is 2.28. The van der Waals surface area contributed by atoms with Gasteiger partial charge in [0.15, 0.2) is 0 Å². The number of nitrogens with zero attached hydrogens (tertiary/aromatic N) is 2. The third-order valence-corrected chi connectivity index (χ3v) is 5.01. The molecule has 25 heavy (non-hydrogen) atoms. The minimum Gasteiger partial charge on any atom is -0.495 e. The summed E-state index contributed by atoms with van der Waals surface area (Å²) in [6.07, 6.45) is 0. The summed E-state index contributed by atoms with van der Waals surface area (Å²) in [6, 6.07) is 15.9. The van der Waals surface area contributed by atoms with Gasteiger partial charge in [0, 0.05) is 35.4 Å². The number of rotatable bonds is 5. The van der Waals surface area contributed by atoms with Gasteiger partial charge in [0.25, 0.3) is 0 Å². The van der Waals surface area contributed by atoms with E-state index in [9.17, 15) is 4.79 Å². The Balaban J connectivity index is 1.50. The van der Waals surface area contributed by atoms with Gasteiger partial charge in [-0.2, -0.15) is 0 Å². The second kappa shape index (κ2) is 8.53. The van der Waals surface area contributed by atoms with Crippen LogP contribution in [-0.4, -0.2) is 50.6 Å². The molecule has 1 N–H and O–H groups in total. The van der Waals surface area contributed by atoms with Crippen LogP contribution in [0.25, 0.3) is 0 Å². The van der Waals surface area contributed by atoms with E-state index in [1.807, 2.05) is 42.5 Å². The SMILES string of the molecule is COc1ccccc1N1CCN(CC(=O)Nc2ccc(I)cc2)CC1. The van der Waals surface area contributed by atoms with Crippen molar-refractivity contribution >= 4 is 39.9 Å². The number of piperazine rings is 1. The molecule has 1 aliphatic heterocycles. The zero-order valence-corrected chi connectivity index (χ0v) is 16.4. The second-order valence-corrected chi connectivity index (χ2v) is 7.24. The first-order valence-corrected chi connectivity index (χ1v) is 9.39. The predicted molar refractivity (Wildman–Crippen MR) is 109 cm³/mol. The van der Waals surface area contributed by atoms with Crippen molar-refractivity contribution < 1.29 is 9.53 Å². The van der Waals surface area contributed by atoms with Crippen molar-refractivity contribution in [1.82, 2.24) is 4.90 Å². The van der Waals surface area contributed by atoms with Gasteiger partial charge in [0.2, 0.25) is 5.91 Å². The van der Waals surface area contributed by atoms with Gasteiger partial charge in [-0.15, -0.1) is 0 Å². The van der Waals surface area contributed by atoms with Crippen LogP contribution in [0.15, 0.2) is 48.5 Å². The molecule has 0 aliphatic carbocycles. The molecule has 0 bridgehead atoms. The fourth-order valence-electron chi connectivity index (χ4n) is 2.97. The molecule has 0 saturated carbocycles. The molecule has 0 unspecified atom stereocenters. The van der Waals surface area contributed by atoms with Crippen molar-refractivity contribution in [2.45, 2.75) is 0 Å². The summed E-state index contributed by atoms with van der Waals surface area (Å²) in [6.45, 7) is 3.91. The van der Waals surface area contributed by atoms with Gasteiger partial charge in [0.05, 0.1) is 19.3 Å². The Bertz CT molecular complexity index is 713. The van der Waals surface area contributed by atoms with Crippen molar-refractivity contribution in [2.75, 3.05) is 50.1 Å². The summed E-state index contributed by atoms with van der Waals surface area (Å²) < 4.78 is 6.60. The van der Waals surface area contributed by atoms with Crippen LogP contribution in [0.1, 0.15) is 0 Å². The minimum absolute atomic E-state index is 0.0342. The normalized spacial score (nSPS) is 15.0. The van der Waals surface area contributed by atoms with Crippen LogP contribution in [0.4, 0.5) is 11.4 Å². The number of hydrogen-bond acceptors (Lipinski definition) is 4. The van der Waals surface area contributed by atoms with Gasteiger partial charge in [-0.25, -0.2) is 0 Å². The average Bonchev–Trinajstić information content (AvgIpc) is 2.64. The van der Waals surface area contributed by atoms with Crippen molar-refractivity contribution in [3.63, 3.8) is 0 Å². The number of carbonyl (C=O) groups is 1. The zero-order valence-electron chi connectivity index (χ0n) is 14.2. The smallest absolute Gasteiger partial charge is 0.238 e. The number of halogens is 1. The first kappa shape index (κ1) is 18.0. The summed E-state index contributed by atoms with van der Waals surface area (Å²) >= 11 is 2.25. The van der Waals surface area contributed by atoms with Crippen LogP contribution in [0.3, 0.4) is 0 Å². The molecular formula is C19H22IN3O2. The third kappa shape index (κ3) is 4.85. The zero-order chi connectivity index (χ0) is 17.6. The molecule has 6 heteroatoms. The molecule has 132 valence electrons. The number of para-hydroxylation sites is 2. The molecule has 1 aliphatic rings. The lowest BCUT2D eigenvalue weighted by atomic mass is 10.2. The van der Waals surface area contributed by atoms with E-state index in [0.29, 0.717) is 6.54 Å². The Labute approximate surface area is 162 Å². The lowest BCUT2D eigenvalue weighted by Crippen LogP contribution is -2.48.